The number of nitrogens with one attached hydrogen (secondary N) is 2. The Balaban J connectivity index is 1.90. The summed E-state index contributed by atoms with van der Waals surface area (Å²) >= 11 is 0. The predicted molar refractivity (Wildman–Crippen MR) is 80.4 cm³/mol. The van der Waals surface area contributed by atoms with Gasteiger partial charge >= 0.3 is 0 Å². The van der Waals surface area contributed by atoms with Crippen molar-refractivity contribution in [1.82, 2.24) is 5.32 Å². The molecule has 0 aliphatic heterocycles. The summed E-state index contributed by atoms with van der Waals surface area (Å²) in [4.78, 5) is 23.5. The normalized spacial score (nSPS) is 9.91. The number of anilines is 1. The Morgan fingerprint density at radius 3 is 2.64 bits per heavy atom. The Morgan fingerprint density at radius 1 is 1.14 bits per heavy atom. The van der Waals surface area contributed by atoms with E-state index in [2.05, 4.69) is 10.6 Å². The van der Waals surface area contributed by atoms with E-state index in [9.17, 15) is 14.0 Å². The lowest BCUT2D eigenvalue weighted by atomic mass is 10.2. The third-order valence-corrected chi connectivity index (χ3v) is 2.88. The zero-order valence-electron chi connectivity index (χ0n) is 11.9. The maximum atomic E-state index is 13.4. The Bertz CT molecular complexity index is 689. The van der Waals surface area contributed by atoms with Gasteiger partial charge in [0.2, 0.25) is 5.91 Å². The summed E-state index contributed by atoms with van der Waals surface area (Å²) in [5, 5.41) is 4.98. The smallest absolute Gasteiger partial charge is 0.254 e. The molecular weight excluding hydrogens is 287 g/mol. The summed E-state index contributed by atoms with van der Waals surface area (Å²) in [5.41, 5.74) is 0.446. The zero-order chi connectivity index (χ0) is 15.9. The van der Waals surface area contributed by atoms with Crippen LogP contribution in [0.2, 0.25) is 0 Å². The molecule has 114 valence electrons. The van der Waals surface area contributed by atoms with Crippen molar-refractivity contribution < 1.29 is 18.7 Å². The van der Waals surface area contributed by atoms with Crippen LogP contribution in [0.5, 0.6) is 5.75 Å². The molecule has 0 saturated heterocycles. The summed E-state index contributed by atoms with van der Waals surface area (Å²) in [6.07, 6.45) is 0. The lowest BCUT2D eigenvalue weighted by molar-refractivity contribution is -0.115. The van der Waals surface area contributed by atoms with Gasteiger partial charge in [-0.05, 0) is 24.3 Å². The number of rotatable bonds is 5. The Labute approximate surface area is 127 Å². The highest BCUT2D eigenvalue weighted by Gasteiger charge is 2.12. The van der Waals surface area contributed by atoms with Crippen LogP contribution in [0.25, 0.3) is 0 Å². The maximum Gasteiger partial charge on any atom is 0.254 e. The molecule has 0 heterocycles. The van der Waals surface area contributed by atoms with Crippen LogP contribution in [-0.2, 0) is 4.79 Å². The van der Waals surface area contributed by atoms with Crippen molar-refractivity contribution >= 4 is 17.5 Å². The summed E-state index contributed by atoms with van der Waals surface area (Å²) < 4.78 is 18.5. The molecule has 0 aromatic heterocycles. The van der Waals surface area contributed by atoms with Gasteiger partial charge in [-0.15, -0.1) is 0 Å². The third kappa shape index (κ3) is 4.05. The van der Waals surface area contributed by atoms with E-state index in [-0.39, 0.29) is 12.1 Å². The molecule has 6 heteroatoms. The van der Waals surface area contributed by atoms with Crippen molar-refractivity contribution in [3.8, 4) is 5.75 Å². The molecule has 0 aliphatic carbocycles. The van der Waals surface area contributed by atoms with Gasteiger partial charge in [-0.25, -0.2) is 4.39 Å². The molecule has 0 aliphatic rings. The van der Waals surface area contributed by atoms with Crippen LogP contribution in [0.3, 0.4) is 0 Å². The van der Waals surface area contributed by atoms with Crippen LogP contribution in [0.15, 0.2) is 48.5 Å². The third-order valence-electron chi connectivity index (χ3n) is 2.88. The first kappa shape index (κ1) is 15.5. The van der Waals surface area contributed by atoms with E-state index >= 15 is 0 Å². The lowest BCUT2D eigenvalue weighted by Crippen LogP contribution is -2.33. The standard InChI is InChI=1S/C16H15FN2O3/c1-22-12-6-4-5-11(9-12)19-15(20)10-18-16(21)13-7-2-3-8-14(13)17/h2-9H,10H2,1H3,(H,18,21)(H,19,20). The van der Waals surface area contributed by atoms with Gasteiger partial charge in [0, 0.05) is 11.8 Å². The molecule has 2 aromatic rings. The number of carbonyl (C=O) groups is 2. The quantitative estimate of drug-likeness (QED) is 0.890. The summed E-state index contributed by atoms with van der Waals surface area (Å²) in [6, 6.07) is 12.4. The van der Waals surface area contributed by atoms with Gasteiger partial charge in [0.25, 0.3) is 5.91 Å². The molecule has 22 heavy (non-hydrogen) atoms. The summed E-state index contributed by atoms with van der Waals surface area (Å²) in [6.45, 7) is -0.260. The predicted octanol–water partition coefficient (Wildman–Crippen LogP) is 2.20. The minimum absolute atomic E-state index is 0.100. The molecule has 2 amide bonds. The number of halogens is 1. The van der Waals surface area contributed by atoms with Gasteiger partial charge < -0.3 is 15.4 Å². The van der Waals surface area contributed by atoms with Crippen LogP contribution in [-0.4, -0.2) is 25.5 Å². The minimum atomic E-state index is -0.640. The average Bonchev–Trinajstić information content (AvgIpc) is 2.53. The van der Waals surface area contributed by atoms with Crippen molar-refractivity contribution in [1.29, 1.82) is 0 Å². The fourth-order valence-corrected chi connectivity index (χ4v) is 1.81. The van der Waals surface area contributed by atoms with E-state index < -0.39 is 17.6 Å². The molecule has 0 saturated carbocycles. The molecular formula is C16H15FN2O3. The largest absolute Gasteiger partial charge is 0.497 e. The van der Waals surface area contributed by atoms with Crippen molar-refractivity contribution in [2.45, 2.75) is 0 Å². The van der Waals surface area contributed by atoms with Gasteiger partial charge in [0.1, 0.15) is 11.6 Å². The van der Waals surface area contributed by atoms with Crippen molar-refractivity contribution in [2.75, 3.05) is 19.0 Å². The first-order chi connectivity index (χ1) is 10.6. The topological polar surface area (TPSA) is 67.4 Å². The van der Waals surface area contributed by atoms with E-state index in [0.29, 0.717) is 11.4 Å². The SMILES string of the molecule is COc1cccc(NC(=O)CNC(=O)c2ccccc2F)c1. The number of ether oxygens (including phenoxy) is 1. The molecule has 0 spiro atoms. The van der Waals surface area contributed by atoms with Gasteiger partial charge in [-0.1, -0.05) is 18.2 Å². The van der Waals surface area contributed by atoms with Crippen LogP contribution < -0.4 is 15.4 Å². The second-order valence-corrected chi connectivity index (χ2v) is 4.44. The first-order valence-corrected chi connectivity index (χ1v) is 6.57. The average molecular weight is 302 g/mol. The van der Waals surface area contributed by atoms with Gasteiger partial charge in [-0.3, -0.25) is 9.59 Å². The Hall–Kier alpha value is -2.89. The van der Waals surface area contributed by atoms with Crippen LogP contribution >= 0.6 is 0 Å². The van der Waals surface area contributed by atoms with Crippen molar-refractivity contribution in [3.63, 3.8) is 0 Å². The monoisotopic (exact) mass is 302 g/mol. The molecule has 0 atom stereocenters. The van der Waals surface area contributed by atoms with E-state index in [0.717, 1.165) is 0 Å². The summed E-state index contributed by atoms with van der Waals surface area (Å²) in [5.74, 6) is -1.08. The Kier molecular flexibility index (Phi) is 5.08. The minimum Gasteiger partial charge on any atom is -0.497 e. The molecule has 5 nitrogen and oxygen atoms in total. The van der Waals surface area contributed by atoms with E-state index in [4.69, 9.17) is 4.74 Å². The van der Waals surface area contributed by atoms with E-state index in [1.165, 1.54) is 25.3 Å². The van der Waals surface area contributed by atoms with Crippen LogP contribution in [0.1, 0.15) is 10.4 Å². The second kappa shape index (κ2) is 7.21. The molecule has 2 aromatic carbocycles. The number of hydrogen-bond donors (Lipinski definition) is 2. The second-order valence-electron chi connectivity index (χ2n) is 4.44. The van der Waals surface area contributed by atoms with Gasteiger partial charge in [0.05, 0.1) is 19.2 Å². The number of hydrogen-bond acceptors (Lipinski definition) is 3. The molecule has 0 bridgehead atoms. The molecule has 2 N–H and O–H groups in total. The number of benzene rings is 2. The van der Waals surface area contributed by atoms with E-state index in [1.807, 2.05) is 0 Å². The number of carbonyl (C=O) groups excluding carboxylic acids is 2. The van der Waals surface area contributed by atoms with Crippen molar-refractivity contribution in [2.24, 2.45) is 0 Å². The molecule has 2 rings (SSSR count). The van der Waals surface area contributed by atoms with Gasteiger partial charge in [0.15, 0.2) is 0 Å². The molecule has 0 radical (unpaired) electrons. The highest BCUT2D eigenvalue weighted by molar-refractivity contribution is 5.99. The molecule has 0 fully saturated rings. The Morgan fingerprint density at radius 2 is 1.91 bits per heavy atom. The lowest BCUT2D eigenvalue weighted by Gasteiger charge is -2.08. The van der Waals surface area contributed by atoms with Gasteiger partial charge in [-0.2, -0.15) is 0 Å². The van der Waals surface area contributed by atoms with E-state index in [1.54, 1.807) is 30.3 Å². The van der Waals surface area contributed by atoms with Crippen molar-refractivity contribution in [3.05, 3.63) is 59.9 Å². The maximum absolute atomic E-state index is 13.4. The zero-order valence-corrected chi connectivity index (χ0v) is 11.9. The highest BCUT2D eigenvalue weighted by atomic mass is 19.1. The van der Waals surface area contributed by atoms with Crippen LogP contribution in [0.4, 0.5) is 10.1 Å². The number of methoxy groups -OCH3 is 1. The summed E-state index contributed by atoms with van der Waals surface area (Å²) in [7, 11) is 1.52. The fraction of sp³-hybridized carbons (Fsp3) is 0.125. The van der Waals surface area contributed by atoms with Crippen LogP contribution in [0, 0.1) is 5.82 Å². The fourth-order valence-electron chi connectivity index (χ4n) is 1.81. The highest BCUT2D eigenvalue weighted by Crippen LogP contribution is 2.16. The molecule has 0 unspecified atom stereocenters. The first-order valence-electron chi connectivity index (χ1n) is 6.57. The number of amides is 2.